The molecule has 0 amide bonds. The molecule has 0 bridgehead atoms. The van der Waals surface area contributed by atoms with Gasteiger partial charge in [0.15, 0.2) is 0 Å². The lowest BCUT2D eigenvalue weighted by molar-refractivity contribution is 0.712. The van der Waals surface area contributed by atoms with Gasteiger partial charge in [0, 0.05) is 16.0 Å². The highest BCUT2D eigenvalue weighted by molar-refractivity contribution is 9.10. The van der Waals surface area contributed by atoms with Gasteiger partial charge in [0.1, 0.15) is 0 Å². The molecule has 0 spiro atoms. The summed E-state index contributed by atoms with van der Waals surface area (Å²) in [6.45, 7) is 0.710. The zero-order chi connectivity index (χ0) is 11.5. The standard InChI is InChI=1S/C10H10BrClN4/c1-13-5-8-6-14-15-16(8)10-3-2-7(12)4-9(10)11/h2-4,6,13H,5H2,1H3. The number of hydrogen-bond donors (Lipinski definition) is 1. The van der Waals surface area contributed by atoms with Gasteiger partial charge in [0.05, 0.1) is 17.6 Å². The first-order valence-corrected chi connectivity index (χ1v) is 5.89. The first kappa shape index (κ1) is 11.6. The van der Waals surface area contributed by atoms with Gasteiger partial charge in [-0.3, -0.25) is 0 Å². The van der Waals surface area contributed by atoms with E-state index in [0.29, 0.717) is 11.6 Å². The number of nitrogens with one attached hydrogen (secondary N) is 1. The Morgan fingerprint density at radius 2 is 2.31 bits per heavy atom. The van der Waals surface area contributed by atoms with Crippen molar-refractivity contribution in [3.05, 3.63) is 39.6 Å². The molecule has 0 aliphatic rings. The molecule has 0 unspecified atom stereocenters. The molecule has 0 fully saturated rings. The summed E-state index contributed by atoms with van der Waals surface area (Å²) >= 11 is 9.35. The van der Waals surface area contributed by atoms with Crippen LogP contribution in [0.5, 0.6) is 0 Å². The van der Waals surface area contributed by atoms with E-state index >= 15 is 0 Å². The van der Waals surface area contributed by atoms with Crippen molar-refractivity contribution in [2.45, 2.75) is 6.54 Å². The predicted octanol–water partition coefficient (Wildman–Crippen LogP) is 2.40. The van der Waals surface area contributed by atoms with Crippen LogP contribution in [-0.4, -0.2) is 22.0 Å². The summed E-state index contributed by atoms with van der Waals surface area (Å²) in [6, 6.07) is 5.56. The lowest BCUT2D eigenvalue weighted by Crippen LogP contribution is -2.11. The molecule has 0 aliphatic heterocycles. The summed E-state index contributed by atoms with van der Waals surface area (Å²) in [4.78, 5) is 0. The SMILES string of the molecule is CNCc1cnnn1-c1ccc(Cl)cc1Br. The minimum Gasteiger partial charge on any atom is -0.314 e. The van der Waals surface area contributed by atoms with Gasteiger partial charge in [-0.25, -0.2) is 4.68 Å². The van der Waals surface area contributed by atoms with Crippen LogP contribution in [-0.2, 0) is 6.54 Å². The second kappa shape index (κ2) is 4.95. The van der Waals surface area contributed by atoms with Gasteiger partial charge in [-0.05, 0) is 41.2 Å². The number of rotatable bonds is 3. The third-order valence-electron chi connectivity index (χ3n) is 2.12. The van der Waals surface area contributed by atoms with E-state index in [4.69, 9.17) is 11.6 Å². The van der Waals surface area contributed by atoms with Crippen molar-refractivity contribution in [1.29, 1.82) is 0 Å². The fourth-order valence-electron chi connectivity index (χ4n) is 1.41. The molecule has 84 valence electrons. The maximum absolute atomic E-state index is 5.89. The number of aromatic nitrogens is 3. The Morgan fingerprint density at radius 3 is 3.00 bits per heavy atom. The summed E-state index contributed by atoms with van der Waals surface area (Å²) in [5.41, 5.74) is 1.91. The molecule has 0 atom stereocenters. The van der Waals surface area contributed by atoms with Crippen molar-refractivity contribution in [3.63, 3.8) is 0 Å². The first-order valence-electron chi connectivity index (χ1n) is 4.72. The third-order valence-corrected chi connectivity index (χ3v) is 2.99. The van der Waals surface area contributed by atoms with Crippen LogP contribution < -0.4 is 5.32 Å². The lowest BCUT2D eigenvalue weighted by Gasteiger charge is -2.07. The van der Waals surface area contributed by atoms with Crippen molar-refractivity contribution in [1.82, 2.24) is 20.3 Å². The molecule has 1 heterocycles. The zero-order valence-corrected chi connectivity index (χ0v) is 11.0. The summed E-state index contributed by atoms with van der Waals surface area (Å²) < 4.78 is 2.67. The second-order valence-electron chi connectivity index (χ2n) is 3.26. The van der Waals surface area contributed by atoms with E-state index in [9.17, 15) is 0 Å². The van der Waals surface area contributed by atoms with E-state index in [1.54, 1.807) is 10.9 Å². The van der Waals surface area contributed by atoms with Crippen LogP contribution in [0.1, 0.15) is 5.69 Å². The molecule has 0 aliphatic carbocycles. The maximum Gasteiger partial charge on any atom is 0.0810 e. The molecule has 1 aromatic carbocycles. The molecular weight excluding hydrogens is 291 g/mol. The number of halogens is 2. The molecule has 2 aromatic rings. The fraction of sp³-hybridized carbons (Fsp3) is 0.200. The number of benzene rings is 1. The van der Waals surface area contributed by atoms with E-state index in [1.807, 2.05) is 25.2 Å². The van der Waals surface area contributed by atoms with Crippen LogP contribution in [0.2, 0.25) is 5.02 Å². The van der Waals surface area contributed by atoms with E-state index in [0.717, 1.165) is 15.9 Å². The quantitative estimate of drug-likeness (QED) is 0.946. The number of nitrogens with zero attached hydrogens (tertiary/aromatic N) is 3. The summed E-state index contributed by atoms with van der Waals surface area (Å²) in [6.07, 6.45) is 1.73. The fourth-order valence-corrected chi connectivity index (χ4v) is 2.26. The molecule has 0 saturated carbocycles. The summed E-state index contributed by atoms with van der Waals surface area (Å²) in [7, 11) is 1.88. The van der Waals surface area contributed by atoms with Gasteiger partial charge < -0.3 is 5.32 Å². The molecule has 6 heteroatoms. The van der Waals surface area contributed by atoms with Crippen molar-refractivity contribution >= 4 is 27.5 Å². The third kappa shape index (κ3) is 2.26. The molecule has 4 nitrogen and oxygen atoms in total. The van der Waals surface area contributed by atoms with Crippen molar-refractivity contribution in [2.75, 3.05) is 7.05 Å². The Morgan fingerprint density at radius 1 is 1.50 bits per heavy atom. The zero-order valence-electron chi connectivity index (χ0n) is 8.61. The van der Waals surface area contributed by atoms with E-state index in [-0.39, 0.29) is 0 Å². The molecule has 1 N–H and O–H groups in total. The molecule has 0 radical (unpaired) electrons. The highest BCUT2D eigenvalue weighted by Crippen LogP contribution is 2.24. The maximum atomic E-state index is 5.89. The monoisotopic (exact) mass is 300 g/mol. The average molecular weight is 302 g/mol. The number of hydrogen-bond acceptors (Lipinski definition) is 3. The second-order valence-corrected chi connectivity index (χ2v) is 4.55. The topological polar surface area (TPSA) is 42.7 Å². The highest BCUT2D eigenvalue weighted by Gasteiger charge is 2.08. The van der Waals surface area contributed by atoms with Crippen molar-refractivity contribution < 1.29 is 0 Å². The van der Waals surface area contributed by atoms with E-state index < -0.39 is 0 Å². The summed E-state index contributed by atoms with van der Waals surface area (Å²) in [5.74, 6) is 0. The van der Waals surface area contributed by atoms with Crippen LogP contribution in [0.15, 0.2) is 28.9 Å². The van der Waals surface area contributed by atoms with Gasteiger partial charge in [-0.1, -0.05) is 16.8 Å². The summed E-state index contributed by atoms with van der Waals surface area (Å²) in [5, 5.41) is 11.7. The lowest BCUT2D eigenvalue weighted by atomic mass is 10.3. The first-order chi connectivity index (χ1) is 7.72. The minimum absolute atomic E-state index is 0.686. The van der Waals surface area contributed by atoms with Gasteiger partial charge in [0.2, 0.25) is 0 Å². The van der Waals surface area contributed by atoms with Crippen molar-refractivity contribution in [3.8, 4) is 5.69 Å². The van der Waals surface area contributed by atoms with Crippen LogP contribution in [0.3, 0.4) is 0 Å². The Labute approximate surface area is 107 Å². The van der Waals surface area contributed by atoms with Gasteiger partial charge in [-0.2, -0.15) is 0 Å². The Hall–Kier alpha value is -0.910. The molecule has 16 heavy (non-hydrogen) atoms. The van der Waals surface area contributed by atoms with Crippen LogP contribution >= 0.6 is 27.5 Å². The Balaban J connectivity index is 2.46. The highest BCUT2D eigenvalue weighted by atomic mass is 79.9. The molecule has 2 rings (SSSR count). The Bertz CT molecular complexity index is 497. The molecule has 0 saturated heterocycles. The average Bonchev–Trinajstić information content (AvgIpc) is 2.67. The van der Waals surface area contributed by atoms with Crippen LogP contribution in [0.25, 0.3) is 5.69 Å². The van der Waals surface area contributed by atoms with Crippen LogP contribution in [0, 0.1) is 0 Å². The minimum atomic E-state index is 0.686. The van der Waals surface area contributed by atoms with Crippen LogP contribution in [0.4, 0.5) is 0 Å². The van der Waals surface area contributed by atoms with E-state index in [2.05, 4.69) is 31.6 Å². The van der Waals surface area contributed by atoms with Gasteiger partial charge in [0.25, 0.3) is 0 Å². The predicted molar refractivity (Wildman–Crippen MR) is 66.8 cm³/mol. The normalized spacial score (nSPS) is 10.7. The largest absolute Gasteiger partial charge is 0.314 e. The Kier molecular flexibility index (Phi) is 3.58. The van der Waals surface area contributed by atoms with Crippen molar-refractivity contribution in [2.24, 2.45) is 0 Å². The van der Waals surface area contributed by atoms with Gasteiger partial charge in [-0.15, -0.1) is 5.10 Å². The smallest absolute Gasteiger partial charge is 0.0810 e. The molecule has 1 aromatic heterocycles. The van der Waals surface area contributed by atoms with Gasteiger partial charge >= 0.3 is 0 Å². The molecular formula is C10H10BrClN4. The van der Waals surface area contributed by atoms with E-state index in [1.165, 1.54) is 0 Å².